The van der Waals surface area contributed by atoms with Crippen LogP contribution in [0.1, 0.15) is 5.56 Å². The van der Waals surface area contributed by atoms with E-state index in [1.54, 1.807) is 17.8 Å². The summed E-state index contributed by atoms with van der Waals surface area (Å²) in [6.07, 6.45) is 1.78. The highest BCUT2D eigenvalue weighted by molar-refractivity contribution is 7.99. The monoisotopic (exact) mass is 282 g/mol. The van der Waals surface area contributed by atoms with Crippen LogP contribution in [0, 0.1) is 11.3 Å². The lowest BCUT2D eigenvalue weighted by atomic mass is 10.2. The van der Waals surface area contributed by atoms with Gasteiger partial charge in [-0.15, -0.1) is 6.58 Å². The maximum Gasteiger partial charge on any atom is 0.240 e. The normalized spacial score (nSPS) is 10.8. The number of rotatable bonds is 7. The van der Waals surface area contributed by atoms with Crippen molar-refractivity contribution >= 4 is 21.8 Å². The number of nitrogens with one attached hydrogen (secondary N) is 1. The summed E-state index contributed by atoms with van der Waals surface area (Å²) in [7, 11) is -3.47. The molecule has 6 heteroatoms. The van der Waals surface area contributed by atoms with E-state index in [1.807, 2.05) is 6.07 Å². The van der Waals surface area contributed by atoms with Gasteiger partial charge in [0.15, 0.2) is 0 Å². The number of nitrogens with zero attached hydrogens (tertiary/aromatic N) is 1. The van der Waals surface area contributed by atoms with Gasteiger partial charge < -0.3 is 0 Å². The van der Waals surface area contributed by atoms with Crippen LogP contribution in [0.25, 0.3) is 0 Å². The summed E-state index contributed by atoms with van der Waals surface area (Å²) in [5, 5.41) is 8.63. The number of hydrogen-bond donors (Lipinski definition) is 1. The van der Waals surface area contributed by atoms with Gasteiger partial charge in [0.25, 0.3) is 0 Å². The highest BCUT2D eigenvalue weighted by Gasteiger charge is 2.12. The molecule has 1 aromatic carbocycles. The van der Waals surface area contributed by atoms with Crippen LogP contribution in [-0.2, 0) is 10.0 Å². The summed E-state index contributed by atoms with van der Waals surface area (Å²) in [6, 6.07) is 7.77. The molecule has 0 unspecified atom stereocenters. The number of thioether (sulfide) groups is 1. The summed E-state index contributed by atoms with van der Waals surface area (Å²) >= 11 is 1.61. The third-order valence-electron chi connectivity index (χ3n) is 2.07. The van der Waals surface area contributed by atoms with E-state index in [-0.39, 0.29) is 4.90 Å². The van der Waals surface area contributed by atoms with E-state index >= 15 is 0 Å². The Morgan fingerprint density at radius 2 is 2.06 bits per heavy atom. The third-order valence-corrected chi connectivity index (χ3v) is 4.51. The first-order chi connectivity index (χ1) is 8.60. The van der Waals surface area contributed by atoms with Crippen LogP contribution in [0.3, 0.4) is 0 Å². The molecule has 1 aromatic rings. The van der Waals surface area contributed by atoms with E-state index in [4.69, 9.17) is 5.26 Å². The van der Waals surface area contributed by atoms with Crippen molar-refractivity contribution < 1.29 is 8.42 Å². The van der Waals surface area contributed by atoms with Gasteiger partial charge in [0.2, 0.25) is 10.0 Å². The number of nitriles is 1. The van der Waals surface area contributed by atoms with Crippen LogP contribution in [0.2, 0.25) is 0 Å². The fourth-order valence-corrected chi connectivity index (χ4v) is 2.95. The van der Waals surface area contributed by atoms with Crippen LogP contribution < -0.4 is 4.72 Å². The summed E-state index contributed by atoms with van der Waals surface area (Å²) in [4.78, 5) is 0.176. The van der Waals surface area contributed by atoms with Crippen molar-refractivity contribution in [2.75, 3.05) is 18.1 Å². The van der Waals surface area contributed by atoms with Gasteiger partial charge in [-0.2, -0.15) is 17.0 Å². The Morgan fingerprint density at radius 3 is 2.61 bits per heavy atom. The minimum atomic E-state index is -3.47. The first-order valence-corrected chi connectivity index (χ1v) is 7.92. The molecule has 96 valence electrons. The molecule has 1 rings (SSSR count). The van der Waals surface area contributed by atoms with Gasteiger partial charge in [0.1, 0.15) is 0 Å². The number of sulfonamides is 1. The fraction of sp³-hybridized carbons (Fsp3) is 0.250. The Bertz CT molecular complexity index is 530. The third kappa shape index (κ3) is 4.53. The molecule has 4 nitrogen and oxygen atoms in total. The summed E-state index contributed by atoms with van der Waals surface area (Å²) in [5.41, 5.74) is 0.440. The molecule has 0 aliphatic rings. The quantitative estimate of drug-likeness (QED) is 0.611. The molecule has 0 spiro atoms. The Kier molecular flexibility index (Phi) is 5.92. The molecule has 0 bridgehead atoms. The number of benzene rings is 1. The van der Waals surface area contributed by atoms with Crippen molar-refractivity contribution in [2.24, 2.45) is 0 Å². The van der Waals surface area contributed by atoms with E-state index in [1.165, 1.54) is 24.3 Å². The lowest BCUT2D eigenvalue weighted by molar-refractivity contribution is 0.584. The van der Waals surface area contributed by atoms with Gasteiger partial charge in [-0.25, -0.2) is 13.1 Å². The molecular formula is C12H14N2O2S2. The first kappa shape index (κ1) is 14.8. The molecule has 0 amide bonds. The Hall–Kier alpha value is -1.29. The van der Waals surface area contributed by atoms with Gasteiger partial charge in [-0.05, 0) is 24.3 Å². The highest BCUT2D eigenvalue weighted by atomic mass is 32.2. The molecule has 1 N–H and O–H groups in total. The minimum absolute atomic E-state index is 0.176. The van der Waals surface area contributed by atoms with Gasteiger partial charge in [0, 0.05) is 18.1 Å². The summed E-state index contributed by atoms with van der Waals surface area (Å²) in [5.74, 6) is 1.50. The van der Waals surface area contributed by atoms with Gasteiger partial charge >= 0.3 is 0 Å². The Morgan fingerprint density at radius 1 is 1.39 bits per heavy atom. The molecule has 0 aromatic heterocycles. The second-order valence-corrected chi connectivity index (χ2v) is 6.31. The van der Waals surface area contributed by atoms with Crippen LogP contribution in [0.15, 0.2) is 41.8 Å². The van der Waals surface area contributed by atoms with Crippen molar-refractivity contribution in [3.63, 3.8) is 0 Å². The molecule has 0 aliphatic heterocycles. The second-order valence-electron chi connectivity index (χ2n) is 3.40. The fourth-order valence-electron chi connectivity index (χ4n) is 1.21. The zero-order chi connectivity index (χ0) is 13.4. The van der Waals surface area contributed by atoms with E-state index in [9.17, 15) is 8.42 Å². The van der Waals surface area contributed by atoms with Gasteiger partial charge in [0.05, 0.1) is 16.5 Å². The highest BCUT2D eigenvalue weighted by Crippen LogP contribution is 2.10. The largest absolute Gasteiger partial charge is 0.240 e. The maximum atomic E-state index is 11.8. The second kappa shape index (κ2) is 7.21. The molecule has 18 heavy (non-hydrogen) atoms. The van der Waals surface area contributed by atoms with Crippen molar-refractivity contribution in [3.05, 3.63) is 42.5 Å². The molecule has 0 atom stereocenters. The molecule has 0 fully saturated rings. The average Bonchev–Trinajstić information content (AvgIpc) is 2.38. The van der Waals surface area contributed by atoms with Crippen LogP contribution in [-0.4, -0.2) is 26.5 Å². The first-order valence-electron chi connectivity index (χ1n) is 5.28. The minimum Gasteiger partial charge on any atom is -0.210 e. The lowest BCUT2D eigenvalue weighted by Crippen LogP contribution is -2.26. The smallest absolute Gasteiger partial charge is 0.210 e. The SMILES string of the molecule is C=CCSCCNS(=O)(=O)c1ccc(C#N)cc1. The van der Waals surface area contributed by atoms with Gasteiger partial charge in [-0.3, -0.25) is 0 Å². The topological polar surface area (TPSA) is 70.0 Å². The lowest BCUT2D eigenvalue weighted by Gasteiger charge is -2.06. The predicted octanol–water partition coefficient (Wildman–Crippen LogP) is 1.76. The molecule has 0 heterocycles. The number of hydrogen-bond acceptors (Lipinski definition) is 4. The van der Waals surface area contributed by atoms with Crippen LogP contribution in [0.4, 0.5) is 0 Å². The summed E-state index contributed by atoms with van der Waals surface area (Å²) < 4.78 is 26.2. The van der Waals surface area contributed by atoms with Gasteiger partial charge in [-0.1, -0.05) is 6.08 Å². The van der Waals surface area contributed by atoms with Crippen molar-refractivity contribution in [1.82, 2.24) is 4.72 Å². The van der Waals surface area contributed by atoms with Crippen LogP contribution in [0.5, 0.6) is 0 Å². The Labute approximate surface area is 112 Å². The van der Waals surface area contributed by atoms with Crippen molar-refractivity contribution in [3.8, 4) is 6.07 Å². The molecule has 0 radical (unpaired) electrons. The van der Waals surface area contributed by atoms with E-state index in [2.05, 4.69) is 11.3 Å². The predicted molar refractivity (Wildman–Crippen MR) is 73.9 cm³/mol. The zero-order valence-corrected chi connectivity index (χ0v) is 11.4. The summed E-state index contributed by atoms with van der Waals surface area (Å²) in [6.45, 7) is 3.96. The van der Waals surface area contributed by atoms with E-state index < -0.39 is 10.0 Å². The maximum absolute atomic E-state index is 11.8. The van der Waals surface area contributed by atoms with E-state index in [0.29, 0.717) is 17.9 Å². The Balaban J connectivity index is 2.57. The molecular weight excluding hydrogens is 268 g/mol. The van der Waals surface area contributed by atoms with E-state index in [0.717, 1.165) is 5.75 Å². The molecule has 0 saturated heterocycles. The standard InChI is InChI=1S/C12H14N2O2S2/c1-2-8-17-9-7-14-18(15,16)12-5-3-11(10-13)4-6-12/h2-6,14H,1,7-9H2. The van der Waals surface area contributed by atoms with Crippen molar-refractivity contribution in [2.45, 2.75) is 4.90 Å². The zero-order valence-electron chi connectivity index (χ0n) is 9.80. The molecule has 0 saturated carbocycles. The average molecular weight is 282 g/mol. The van der Waals surface area contributed by atoms with Crippen molar-refractivity contribution in [1.29, 1.82) is 5.26 Å². The molecule has 0 aliphatic carbocycles. The van der Waals surface area contributed by atoms with Crippen LogP contribution >= 0.6 is 11.8 Å².